The summed E-state index contributed by atoms with van der Waals surface area (Å²) >= 11 is 0. The zero-order valence-corrected chi connectivity index (χ0v) is 18.3. The van der Waals surface area contributed by atoms with Gasteiger partial charge in [0.1, 0.15) is 12.4 Å². The zero-order chi connectivity index (χ0) is 21.8. The Kier molecular flexibility index (Phi) is 6.57. The number of benzene rings is 2. The second-order valence-electron chi connectivity index (χ2n) is 8.13. The van der Waals surface area contributed by atoms with Gasteiger partial charge in [-0.15, -0.1) is 0 Å². The first-order valence-electron chi connectivity index (χ1n) is 10.9. The Hall–Kier alpha value is -2.45. The van der Waals surface area contributed by atoms with Crippen LogP contribution in [0.1, 0.15) is 32.1 Å². The number of rotatable bonds is 6. The molecule has 0 saturated carbocycles. The number of carbonyl (C=O) groups is 1. The Labute approximate surface area is 183 Å². The SMILES string of the molecule is O=C(CN1c2ccc(F)cc2-c2ccccc2S1(=O)=O)NCCCN1CCCCCC1. The summed E-state index contributed by atoms with van der Waals surface area (Å²) in [7, 11) is -3.91. The second kappa shape index (κ2) is 9.36. The molecule has 31 heavy (non-hydrogen) atoms. The maximum Gasteiger partial charge on any atom is 0.265 e. The third-order valence-corrected chi connectivity index (χ3v) is 7.75. The molecule has 0 atom stereocenters. The minimum Gasteiger partial charge on any atom is -0.354 e. The fourth-order valence-corrected chi connectivity index (χ4v) is 6.00. The monoisotopic (exact) mass is 445 g/mol. The molecule has 2 heterocycles. The van der Waals surface area contributed by atoms with Crippen LogP contribution in [-0.2, 0) is 14.8 Å². The van der Waals surface area contributed by atoms with Gasteiger partial charge < -0.3 is 10.2 Å². The number of hydrogen-bond acceptors (Lipinski definition) is 4. The minimum absolute atomic E-state index is 0.0852. The molecule has 2 aliphatic rings. The van der Waals surface area contributed by atoms with E-state index in [0.717, 1.165) is 30.4 Å². The largest absolute Gasteiger partial charge is 0.354 e. The van der Waals surface area contributed by atoms with Gasteiger partial charge in [-0.1, -0.05) is 31.0 Å². The number of nitrogens with zero attached hydrogens (tertiary/aromatic N) is 2. The Morgan fingerprint density at radius 2 is 1.74 bits per heavy atom. The number of carbonyl (C=O) groups excluding carboxylic acids is 1. The van der Waals surface area contributed by atoms with Gasteiger partial charge in [-0.25, -0.2) is 12.8 Å². The molecule has 0 aromatic heterocycles. The third kappa shape index (κ3) is 4.75. The minimum atomic E-state index is -3.91. The molecule has 0 spiro atoms. The molecule has 1 saturated heterocycles. The molecule has 166 valence electrons. The molecule has 4 rings (SSSR count). The van der Waals surface area contributed by atoms with E-state index in [1.165, 1.54) is 49.9 Å². The van der Waals surface area contributed by atoms with E-state index < -0.39 is 15.8 Å². The number of hydrogen-bond donors (Lipinski definition) is 1. The molecule has 0 radical (unpaired) electrons. The van der Waals surface area contributed by atoms with Crippen molar-refractivity contribution >= 4 is 21.6 Å². The number of sulfonamides is 1. The van der Waals surface area contributed by atoms with Crippen LogP contribution in [0.25, 0.3) is 11.1 Å². The van der Waals surface area contributed by atoms with Gasteiger partial charge in [-0.3, -0.25) is 9.10 Å². The molecule has 0 aliphatic carbocycles. The first-order valence-corrected chi connectivity index (χ1v) is 12.3. The summed E-state index contributed by atoms with van der Waals surface area (Å²) in [5.74, 6) is -0.820. The van der Waals surface area contributed by atoms with Crippen LogP contribution in [0.2, 0.25) is 0 Å². The summed E-state index contributed by atoms with van der Waals surface area (Å²) in [5, 5.41) is 2.84. The molecule has 2 aliphatic heterocycles. The molecular weight excluding hydrogens is 417 g/mol. The van der Waals surface area contributed by atoms with Crippen LogP contribution in [0.4, 0.5) is 10.1 Å². The highest BCUT2D eigenvalue weighted by atomic mass is 32.2. The predicted octanol–water partition coefficient (Wildman–Crippen LogP) is 3.38. The van der Waals surface area contributed by atoms with E-state index in [-0.39, 0.29) is 17.3 Å². The van der Waals surface area contributed by atoms with Crippen molar-refractivity contribution < 1.29 is 17.6 Å². The van der Waals surface area contributed by atoms with Gasteiger partial charge in [0, 0.05) is 17.7 Å². The Morgan fingerprint density at radius 3 is 2.52 bits per heavy atom. The maximum atomic E-state index is 13.9. The van der Waals surface area contributed by atoms with Crippen molar-refractivity contribution in [3.05, 3.63) is 48.3 Å². The summed E-state index contributed by atoms with van der Waals surface area (Å²) in [6, 6.07) is 10.4. The lowest BCUT2D eigenvalue weighted by Crippen LogP contribution is -2.43. The van der Waals surface area contributed by atoms with Gasteiger partial charge in [-0.05, 0) is 63.2 Å². The smallest absolute Gasteiger partial charge is 0.265 e. The van der Waals surface area contributed by atoms with Crippen LogP contribution in [0.5, 0.6) is 0 Å². The van der Waals surface area contributed by atoms with E-state index in [2.05, 4.69) is 10.2 Å². The van der Waals surface area contributed by atoms with Crippen LogP contribution in [0, 0.1) is 5.82 Å². The number of halogens is 1. The lowest BCUT2D eigenvalue weighted by molar-refractivity contribution is -0.119. The molecule has 1 N–H and O–H groups in total. The summed E-state index contributed by atoms with van der Waals surface area (Å²) in [6.45, 7) is 3.30. The lowest BCUT2D eigenvalue weighted by Gasteiger charge is -2.31. The zero-order valence-electron chi connectivity index (χ0n) is 17.5. The first kappa shape index (κ1) is 21.8. The van der Waals surface area contributed by atoms with Crippen molar-refractivity contribution in [2.75, 3.05) is 37.0 Å². The summed E-state index contributed by atoms with van der Waals surface area (Å²) in [6.07, 6.45) is 5.84. The van der Waals surface area contributed by atoms with E-state index >= 15 is 0 Å². The van der Waals surface area contributed by atoms with E-state index in [1.54, 1.807) is 18.2 Å². The fourth-order valence-electron chi connectivity index (χ4n) is 4.35. The van der Waals surface area contributed by atoms with Gasteiger partial charge in [0.15, 0.2) is 0 Å². The van der Waals surface area contributed by atoms with Crippen molar-refractivity contribution in [2.45, 2.75) is 37.0 Å². The van der Waals surface area contributed by atoms with Crippen LogP contribution >= 0.6 is 0 Å². The fraction of sp³-hybridized carbons (Fsp3) is 0.435. The average molecular weight is 446 g/mol. The van der Waals surface area contributed by atoms with Crippen molar-refractivity contribution in [2.24, 2.45) is 0 Å². The van der Waals surface area contributed by atoms with Gasteiger partial charge in [0.05, 0.1) is 10.6 Å². The summed E-state index contributed by atoms with van der Waals surface area (Å²) < 4.78 is 41.4. The topological polar surface area (TPSA) is 69.7 Å². The van der Waals surface area contributed by atoms with E-state index in [0.29, 0.717) is 23.4 Å². The lowest BCUT2D eigenvalue weighted by atomic mass is 10.0. The normalized spacial score (nSPS) is 18.0. The average Bonchev–Trinajstić information content (AvgIpc) is 3.03. The van der Waals surface area contributed by atoms with Crippen molar-refractivity contribution in [1.82, 2.24) is 10.2 Å². The molecule has 2 aromatic rings. The highest BCUT2D eigenvalue weighted by Crippen LogP contribution is 2.42. The summed E-state index contributed by atoms with van der Waals surface area (Å²) in [5.41, 5.74) is 1.24. The van der Waals surface area contributed by atoms with Crippen LogP contribution < -0.4 is 9.62 Å². The highest BCUT2D eigenvalue weighted by Gasteiger charge is 2.36. The second-order valence-corrected chi connectivity index (χ2v) is 9.96. The Balaban J connectivity index is 1.43. The van der Waals surface area contributed by atoms with Crippen molar-refractivity contribution in [1.29, 1.82) is 0 Å². The van der Waals surface area contributed by atoms with E-state index in [4.69, 9.17) is 0 Å². The first-order chi connectivity index (χ1) is 15.0. The molecule has 2 aromatic carbocycles. The number of amides is 1. The molecule has 0 unspecified atom stereocenters. The Morgan fingerprint density at radius 1 is 1.00 bits per heavy atom. The van der Waals surface area contributed by atoms with E-state index in [9.17, 15) is 17.6 Å². The molecule has 6 nitrogen and oxygen atoms in total. The van der Waals surface area contributed by atoms with Crippen LogP contribution in [-0.4, -0.2) is 51.9 Å². The Bertz CT molecular complexity index is 1050. The maximum absolute atomic E-state index is 13.9. The molecule has 8 heteroatoms. The van der Waals surface area contributed by atoms with Crippen molar-refractivity contribution in [3.63, 3.8) is 0 Å². The molecule has 1 amide bonds. The van der Waals surface area contributed by atoms with Gasteiger partial charge in [0.25, 0.3) is 10.0 Å². The van der Waals surface area contributed by atoms with Gasteiger partial charge >= 0.3 is 0 Å². The standard InChI is InChI=1S/C23H28FN3O3S/c24-18-10-11-21-20(16-18)19-8-3-4-9-22(19)31(29,30)27(21)17-23(28)25-12-7-15-26-13-5-1-2-6-14-26/h3-4,8-11,16H,1-2,5-7,12-15,17H2,(H,25,28). The number of likely N-dealkylation sites (tertiary alicyclic amines) is 1. The van der Waals surface area contributed by atoms with Crippen LogP contribution in [0.15, 0.2) is 47.4 Å². The molecule has 1 fully saturated rings. The van der Waals surface area contributed by atoms with Gasteiger partial charge in [0.2, 0.25) is 5.91 Å². The number of nitrogens with one attached hydrogen (secondary N) is 1. The summed E-state index contributed by atoms with van der Waals surface area (Å²) in [4.78, 5) is 15.1. The quantitative estimate of drug-likeness (QED) is 0.692. The molecular formula is C23H28FN3O3S. The third-order valence-electron chi connectivity index (χ3n) is 5.93. The van der Waals surface area contributed by atoms with E-state index in [1.807, 2.05) is 0 Å². The number of fused-ring (bicyclic) bond motifs is 3. The predicted molar refractivity (Wildman–Crippen MR) is 119 cm³/mol. The highest BCUT2D eigenvalue weighted by molar-refractivity contribution is 7.93. The van der Waals surface area contributed by atoms with Crippen LogP contribution in [0.3, 0.4) is 0 Å². The van der Waals surface area contributed by atoms with Gasteiger partial charge in [-0.2, -0.15) is 0 Å². The van der Waals surface area contributed by atoms with Crippen molar-refractivity contribution in [3.8, 4) is 11.1 Å². The molecule has 0 bridgehead atoms. The number of anilines is 1.